The van der Waals surface area contributed by atoms with Crippen molar-refractivity contribution in [1.82, 2.24) is 0 Å². The first-order chi connectivity index (χ1) is 29.3. The Bertz CT molecular complexity index is 2780. The van der Waals surface area contributed by atoms with Gasteiger partial charge in [-0.3, -0.25) is 0 Å². The van der Waals surface area contributed by atoms with Gasteiger partial charge >= 0.3 is 0 Å². The lowest BCUT2D eigenvalue weighted by molar-refractivity contribution is 1.03. The molecule has 8 aromatic rings. The summed E-state index contributed by atoms with van der Waals surface area (Å²) in [7, 11) is 0. The molecule has 0 bridgehead atoms. The van der Waals surface area contributed by atoms with Gasteiger partial charge in [-0.15, -0.1) is 23.1 Å². The van der Waals surface area contributed by atoms with Crippen LogP contribution in [0.3, 0.4) is 0 Å². The minimum absolute atomic E-state index is 0.447. The summed E-state index contributed by atoms with van der Waals surface area (Å²) in [5, 5.41) is 1.79. The van der Waals surface area contributed by atoms with Crippen LogP contribution in [0.25, 0.3) is 42.8 Å². The molecule has 2 heteroatoms. The van der Waals surface area contributed by atoms with Gasteiger partial charge in [-0.2, -0.15) is 0 Å². The van der Waals surface area contributed by atoms with E-state index in [0.717, 1.165) is 12.8 Å². The summed E-state index contributed by atoms with van der Waals surface area (Å²) in [4.78, 5) is 2.81. The molecule has 2 aliphatic rings. The minimum atomic E-state index is 0.447. The summed E-state index contributed by atoms with van der Waals surface area (Å²) in [5.74, 6) is 0. The molecule has 1 atom stereocenters. The summed E-state index contributed by atoms with van der Waals surface area (Å²) in [6.07, 6.45) is 8.95. The van der Waals surface area contributed by atoms with Gasteiger partial charge in [0.25, 0.3) is 0 Å². The van der Waals surface area contributed by atoms with Crippen LogP contribution in [0.1, 0.15) is 55.8 Å². The number of hydrogen-bond donors (Lipinski definition) is 0. The molecule has 0 amide bonds. The second kappa shape index (κ2) is 19.0. The highest BCUT2D eigenvalue weighted by Crippen LogP contribution is 2.58. The van der Waals surface area contributed by atoms with Gasteiger partial charge in [-0.05, 0) is 104 Å². The quantitative estimate of drug-likeness (QED) is 0.161. The molecule has 1 unspecified atom stereocenters. The highest BCUT2D eigenvalue weighted by atomic mass is 32.2. The van der Waals surface area contributed by atoms with Crippen molar-refractivity contribution in [2.75, 3.05) is 0 Å². The molecule has 0 nitrogen and oxygen atoms in total. The zero-order chi connectivity index (χ0) is 41.4. The van der Waals surface area contributed by atoms with Crippen LogP contribution >= 0.6 is 23.1 Å². The number of thioether (sulfide) groups is 1. The molecule has 7 aromatic carbocycles. The van der Waals surface area contributed by atoms with Crippen molar-refractivity contribution in [3.8, 4) is 22.3 Å². The van der Waals surface area contributed by atoms with Crippen LogP contribution in [0.5, 0.6) is 0 Å². The van der Waals surface area contributed by atoms with Gasteiger partial charge in [0.2, 0.25) is 0 Å². The molecule has 0 radical (unpaired) electrons. The topological polar surface area (TPSA) is 0 Å². The zero-order valence-corrected chi connectivity index (χ0v) is 36.9. The molecular formula is C58H52S2. The van der Waals surface area contributed by atoms with E-state index in [1.54, 1.807) is 0 Å². The van der Waals surface area contributed by atoms with Crippen molar-refractivity contribution in [2.24, 2.45) is 0 Å². The molecule has 60 heavy (non-hydrogen) atoms. The lowest BCUT2D eigenvalue weighted by Gasteiger charge is -2.16. The predicted octanol–water partition coefficient (Wildman–Crippen LogP) is 16.6. The first kappa shape index (κ1) is 40.8. The van der Waals surface area contributed by atoms with Gasteiger partial charge in [0.1, 0.15) is 0 Å². The van der Waals surface area contributed by atoms with Gasteiger partial charge < -0.3 is 0 Å². The molecule has 0 saturated carbocycles. The van der Waals surface area contributed by atoms with Gasteiger partial charge in [-0.1, -0.05) is 205 Å². The van der Waals surface area contributed by atoms with Crippen LogP contribution in [0.2, 0.25) is 0 Å². The molecule has 0 saturated heterocycles. The molecule has 0 N–H and O–H groups in total. The fourth-order valence-corrected chi connectivity index (χ4v) is 10.9. The summed E-state index contributed by atoms with van der Waals surface area (Å²) >= 11 is 4.01. The molecule has 296 valence electrons. The molecule has 1 aliphatic heterocycles. The average Bonchev–Trinajstić information content (AvgIpc) is 3.86. The Balaban J connectivity index is 0.000000279. The highest BCUT2D eigenvalue weighted by Gasteiger charge is 2.34. The second-order valence-electron chi connectivity index (χ2n) is 15.9. The van der Waals surface area contributed by atoms with Crippen LogP contribution in [0.15, 0.2) is 200 Å². The Labute approximate surface area is 365 Å². The second-order valence-corrected chi connectivity index (χ2v) is 18.2. The SMILES string of the molecule is Cc1ccc(C)cc1.Cc1ccccc1.Cc1ccccc1-c1ccc(C2=C(c3sc4ccccc4c3-c3ccc(Cc4ccccc4)cc3)SC3CC=CC=C23)cc1C. The monoisotopic (exact) mass is 812 g/mol. The molecule has 1 aromatic heterocycles. The van der Waals surface area contributed by atoms with Crippen molar-refractivity contribution >= 4 is 43.7 Å². The number of aryl methyl sites for hydroxylation is 5. The average molecular weight is 813 g/mol. The number of rotatable bonds is 6. The number of benzene rings is 7. The third-order valence-corrected chi connectivity index (χ3v) is 14.0. The van der Waals surface area contributed by atoms with E-state index in [-0.39, 0.29) is 0 Å². The standard InChI is InChI=1S/C43H34S2.C8H10.C7H8/c1-28-12-6-7-15-34(28)35-25-24-33(26-29(35)2)41-37-17-9-11-19-39(37)45-43(41)42-40(36-16-8-10-18-38(36)44-42)32-22-20-31(21-23-32)27-30-13-4-3-5-14-30;1-7-3-5-8(2)6-4-7;1-7-5-3-2-4-6-7/h3-18,20-26,39H,19,27H2,1-2H3;3-6H,1-2H3;2-6H,1H3. The highest BCUT2D eigenvalue weighted by molar-refractivity contribution is 8.10. The Morgan fingerprint density at radius 1 is 0.517 bits per heavy atom. The van der Waals surface area contributed by atoms with Crippen molar-refractivity contribution in [1.29, 1.82) is 0 Å². The van der Waals surface area contributed by atoms with E-state index < -0.39 is 0 Å². The summed E-state index contributed by atoms with van der Waals surface area (Å²) in [6, 6.07) is 63.6. The number of thiophene rings is 1. The van der Waals surface area contributed by atoms with E-state index >= 15 is 0 Å². The van der Waals surface area contributed by atoms with Gasteiger partial charge in [0.15, 0.2) is 0 Å². The van der Waals surface area contributed by atoms with Crippen LogP contribution in [0.4, 0.5) is 0 Å². The molecular weight excluding hydrogens is 761 g/mol. The van der Waals surface area contributed by atoms with E-state index in [1.165, 1.54) is 97.8 Å². The molecule has 10 rings (SSSR count). The lowest BCUT2D eigenvalue weighted by atomic mass is 9.87. The molecule has 1 aliphatic carbocycles. The van der Waals surface area contributed by atoms with E-state index in [4.69, 9.17) is 0 Å². The van der Waals surface area contributed by atoms with Crippen LogP contribution in [-0.4, -0.2) is 5.25 Å². The third kappa shape index (κ3) is 9.42. The van der Waals surface area contributed by atoms with Crippen LogP contribution in [-0.2, 0) is 6.42 Å². The molecule has 0 fully saturated rings. The summed E-state index contributed by atoms with van der Waals surface area (Å²) in [5.41, 5.74) is 18.8. The van der Waals surface area contributed by atoms with Gasteiger partial charge in [0.05, 0.1) is 4.88 Å². The summed E-state index contributed by atoms with van der Waals surface area (Å²) < 4.78 is 1.34. The largest absolute Gasteiger partial charge is 0.134 e. The van der Waals surface area contributed by atoms with Gasteiger partial charge in [-0.25, -0.2) is 0 Å². The summed E-state index contributed by atoms with van der Waals surface area (Å²) in [6.45, 7) is 10.7. The molecule has 0 spiro atoms. The normalized spacial score (nSPS) is 14.2. The fourth-order valence-electron chi connectivity index (χ4n) is 8.04. The maximum atomic E-state index is 2.42. The maximum absolute atomic E-state index is 2.42. The van der Waals surface area contributed by atoms with E-state index in [9.17, 15) is 0 Å². The van der Waals surface area contributed by atoms with E-state index in [0.29, 0.717) is 5.25 Å². The first-order valence-electron chi connectivity index (χ1n) is 21.0. The maximum Gasteiger partial charge on any atom is 0.0503 e. The van der Waals surface area contributed by atoms with Crippen LogP contribution < -0.4 is 0 Å². The predicted molar refractivity (Wildman–Crippen MR) is 265 cm³/mol. The van der Waals surface area contributed by atoms with Crippen LogP contribution in [0, 0.1) is 34.6 Å². The van der Waals surface area contributed by atoms with E-state index in [1.807, 2.05) is 29.5 Å². The Morgan fingerprint density at radius 3 is 1.77 bits per heavy atom. The Hall–Kier alpha value is -5.93. The zero-order valence-electron chi connectivity index (χ0n) is 35.3. The fraction of sp³-hybridized carbons (Fsp3) is 0.138. The van der Waals surface area contributed by atoms with Crippen molar-refractivity contribution in [2.45, 2.75) is 52.7 Å². The van der Waals surface area contributed by atoms with Crippen molar-refractivity contribution in [3.63, 3.8) is 0 Å². The third-order valence-electron chi connectivity index (χ3n) is 11.3. The molecule has 2 heterocycles. The smallest absolute Gasteiger partial charge is 0.0503 e. The number of hydrogen-bond acceptors (Lipinski definition) is 2. The van der Waals surface area contributed by atoms with Crippen molar-refractivity contribution < 1.29 is 0 Å². The van der Waals surface area contributed by atoms with Crippen molar-refractivity contribution in [3.05, 3.63) is 249 Å². The van der Waals surface area contributed by atoms with Gasteiger partial charge in [0, 0.05) is 31.4 Å². The van der Waals surface area contributed by atoms with E-state index in [2.05, 4.69) is 222 Å². The number of allylic oxidation sites excluding steroid dienone is 4. The Kier molecular flexibility index (Phi) is 12.9. The number of fused-ring (bicyclic) bond motifs is 2. The Morgan fingerprint density at radius 2 is 1.10 bits per heavy atom. The first-order valence-corrected chi connectivity index (χ1v) is 22.7. The lowest BCUT2D eigenvalue weighted by Crippen LogP contribution is -2.04. The minimum Gasteiger partial charge on any atom is -0.134 e.